The number of hydrogen-bond acceptors (Lipinski definition) is 1. The SMILES string of the molecule is CCNCC(C)[CH2][Sn][CH2]C. The van der Waals surface area contributed by atoms with Gasteiger partial charge >= 0.3 is 75.1 Å². The summed E-state index contributed by atoms with van der Waals surface area (Å²) in [5.41, 5.74) is 0. The minimum atomic E-state index is 0.0654. The first-order valence-electron chi connectivity index (χ1n) is 4.22. The maximum absolute atomic E-state index is 3.38. The topological polar surface area (TPSA) is 12.0 Å². The first-order valence-corrected chi connectivity index (χ1v) is 8.26. The van der Waals surface area contributed by atoms with E-state index >= 15 is 0 Å². The molecule has 0 aromatic carbocycles. The molecule has 0 bridgehead atoms. The monoisotopic (exact) mass is 249 g/mol. The maximum atomic E-state index is 3.38. The zero-order valence-corrected chi connectivity index (χ0v) is 10.3. The Kier molecular flexibility index (Phi) is 8.46. The predicted octanol–water partition coefficient (Wildman–Crippen LogP) is 1.79. The predicted molar refractivity (Wildman–Crippen MR) is 48.7 cm³/mol. The van der Waals surface area contributed by atoms with E-state index in [0.29, 0.717) is 0 Å². The van der Waals surface area contributed by atoms with Gasteiger partial charge in [0, 0.05) is 0 Å². The molecule has 60 valence electrons. The summed E-state index contributed by atoms with van der Waals surface area (Å²) in [7, 11) is 0. The average Bonchev–Trinajstić information content (AvgIpc) is 1.97. The molecule has 0 amide bonds. The zero-order chi connectivity index (χ0) is 7.82. The van der Waals surface area contributed by atoms with Crippen molar-refractivity contribution in [3.8, 4) is 0 Å². The standard InChI is InChI=1S/C6H14N.C2H5.Sn/c1-4-7-5-6(2)3;1-2;/h6-7H,2,4-5H2,1,3H3;1H2,2H3;. The molecule has 1 nitrogen and oxygen atoms in total. The van der Waals surface area contributed by atoms with Gasteiger partial charge in [-0.05, 0) is 0 Å². The van der Waals surface area contributed by atoms with Crippen molar-refractivity contribution < 1.29 is 0 Å². The fraction of sp³-hybridized carbons (Fsp3) is 1.00. The van der Waals surface area contributed by atoms with Crippen LogP contribution in [0.4, 0.5) is 0 Å². The molecular formula is C8H19NSn. The summed E-state index contributed by atoms with van der Waals surface area (Å²) in [5, 5.41) is 3.38. The fourth-order valence-corrected chi connectivity index (χ4v) is 3.50. The van der Waals surface area contributed by atoms with Gasteiger partial charge in [0.05, 0.1) is 0 Å². The molecule has 10 heavy (non-hydrogen) atoms. The van der Waals surface area contributed by atoms with E-state index in [9.17, 15) is 0 Å². The van der Waals surface area contributed by atoms with Gasteiger partial charge in [-0.1, -0.05) is 0 Å². The summed E-state index contributed by atoms with van der Waals surface area (Å²) < 4.78 is 3.05. The zero-order valence-electron chi connectivity index (χ0n) is 7.41. The molecule has 0 aromatic rings. The molecule has 0 heterocycles. The Balaban J connectivity index is 3.00. The molecule has 0 aliphatic carbocycles. The van der Waals surface area contributed by atoms with Gasteiger partial charge < -0.3 is 0 Å². The second kappa shape index (κ2) is 7.86. The second-order valence-electron chi connectivity index (χ2n) is 2.72. The third kappa shape index (κ3) is 6.87. The van der Waals surface area contributed by atoms with Crippen molar-refractivity contribution in [2.75, 3.05) is 13.1 Å². The molecule has 2 heteroatoms. The third-order valence-electron chi connectivity index (χ3n) is 1.49. The quantitative estimate of drug-likeness (QED) is 0.706. The van der Waals surface area contributed by atoms with Gasteiger partial charge in [0.2, 0.25) is 0 Å². The summed E-state index contributed by atoms with van der Waals surface area (Å²) in [6.07, 6.45) is 0. The first kappa shape index (κ1) is 10.8. The Hall–Kier alpha value is 0.759. The van der Waals surface area contributed by atoms with Crippen LogP contribution in [0.25, 0.3) is 0 Å². The number of hydrogen-bond donors (Lipinski definition) is 1. The van der Waals surface area contributed by atoms with Crippen molar-refractivity contribution in [2.45, 2.75) is 29.6 Å². The van der Waals surface area contributed by atoms with Gasteiger partial charge in [-0.3, -0.25) is 0 Å². The van der Waals surface area contributed by atoms with Crippen molar-refractivity contribution >= 4 is 21.1 Å². The molecule has 1 N–H and O–H groups in total. The van der Waals surface area contributed by atoms with E-state index in [2.05, 4.69) is 26.1 Å². The first-order chi connectivity index (χ1) is 4.81. The van der Waals surface area contributed by atoms with Gasteiger partial charge in [-0.25, -0.2) is 0 Å². The molecule has 0 saturated carbocycles. The molecule has 0 fully saturated rings. The summed E-state index contributed by atoms with van der Waals surface area (Å²) in [6.45, 7) is 9.22. The van der Waals surface area contributed by atoms with Gasteiger partial charge in [0.1, 0.15) is 0 Å². The van der Waals surface area contributed by atoms with Gasteiger partial charge in [-0.15, -0.1) is 0 Å². The van der Waals surface area contributed by atoms with Crippen LogP contribution in [0.15, 0.2) is 0 Å². The van der Waals surface area contributed by atoms with Crippen molar-refractivity contribution in [3.63, 3.8) is 0 Å². The molecule has 0 spiro atoms. The van der Waals surface area contributed by atoms with Crippen LogP contribution >= 0.6 is 0 Å². The Bertz CT molecular complexity index is 58.3. The molecule has 2 radical (unpaired) electrons. The number of rotatable bonds is 6. The summed E-state index contributed by atoms with van der Waals surface area (Å²) in [4.78, 5) is 0. The van der Waals surface area contributed by atoms with E-state index in [4.69, 9.17) is 0 Å². The summed E-state index contributed by atoms with van der Waals surface area (Å²) >= 11 is 0.0654. The molecule has 0 aromatic heterocycles. The van der Waals surface area contributed by atoms with Crippen LogP contribution in [0.3, 0.4) is 0 Å². The third-order valence-corrected chi connectivity index (χ3v) is 5.73. The molecular weight excluding hydrogens is 229 g/mol. The Labute approximate surface area is 75.2 Å². The Morgan fingerprint density at radius 2 is 2.10 bits per heavy atom. The van der Waals surface area contributed by atoms with Gasteiger partial charge in [-0.2, -0.15) is 0 Å². The van der Waals surface area contributed by atoms with Crippen LogP contribution in [0.1, 0.15) is 20.8 Å². The van der Waals surface area contributed by atoms with E-state index in [1.807, 2.05) is 0 Å². The van der Waals surface area contributed by atoms with Crippen LogP contribution in [0, 0.1) is 5.92 Å². The molecule has 0 rings (SSSR count). The van der Waals surface area contributed by atoms with E-state index in [0.717, 1.165) is 12.5 Å². The minimum absolute atomic E-state index is 0.0654. The summed E-state index contributed by atoms with van der Waals surface area (Å²) in [6, 6.07) is 0. The summed E-state index contributed by atoms with van der Waals surface area (Å²) in [5.74, 6) is 0.937. The van der Waals surface area contributed by atoms with Crippen LogP contribution < -0.4 is 5.32 Å². The van der Waals surface area contributed by atoms with Crippen molar-refractivity contribution in [3.05, 3.63) is 0 Å². The molecule has 1 unspecified atom stereocenters. The van der Waals surface area contributed by atoms with Crippen molar-refractivity contribution in [1.29, 1.82) is 0 Å². The normalized spacial score (nSPS) is 13.5. The van der Waals surface area contributed by atoms with Crippen LogP contribution in [0.2, 0.25) is 8.87 Å². The van der Waals surface area contributed by atoms with Gasteiger partial charge in [0.15, 0.2) is 0 Å². The van der Waals surface area contributed by atoms with E-state index in [1.54, 1.807) is 4.44 Å². The Morgan fingerprint density at radius 3 is 2.60 bits per heavy atom. The second-order valence-corrected chi connectivity index (χ2v) is 7.33. The van der Waals surface area contributed by atoms with Crippen LogP contribution in [-0.4, -0.2) is 34.2 Å². The Morgan fingerprint density at radius 1 is 1.40 bits per heavy atom. The average molecular weight is 248 g/mol. The molecule has 0 saturated heterocycles. The molecule has 1 atom stereocenters. The van der Waals surface area contributed by atoms with Crippen molar-refractivity contribution in [2.24, 2.45) is 5.92 Å². The number of nitrogens with one attached hydrogen (secondary N) is 1. The fourth-order valence-electron chi connectivity index (χ4n) is 0.854. The van der Waals surface area contributed by atoms with Gasteiger partial charge in [0.25, 0.3) is 0 Å². The van der Waals surface area contributed by atoms with E-state index in [-0.39, 0.29) is 21.1 Å². The van der Waals surface area contributed by atoms with Crippen molar-refractivity contribution in [1.82, 2.24) is 5.32 Å². The van der Waals surface area contributed by atoms with Crippen LogP contribution in [0.5, 0.6) is 0 Å². The van der Waals surface area contributed by atoms with E-state index < -0.39 is 0 Å². The molecule has 0 aliphatic heterocycles. The molecule has 0 aliphatic rings. The van der Waals surface area contributed by atoms with Crippen LogP contribution in [-0.2, 0) is 0 Å². The van der Waals surface area contributed by atoms with E-state index in [1.165, 1.54) is 11.0 Å².